The number of ether oxygens (including phenoxy) is 1. The topological polar surface area (TPSA) is 53.9 Å². The number of nitrogens with one attached hydrogen (secondary N) is 1. The van der Waals surface area contributed by atoms with E-state index in [-0.39, 0.29) is 5.91 Å². The van der Waals surface area contributed by atoms with E-state index in [1.54, 1.807) is 17.6 Å². The van der Waals surface area contributed by atoms with Crippen molar-refractivity contribution in [3.63, 3.8) is 0 Å². The molecule has 1 saturated heterocycles. The van der Waals surface area contributed by atoms with Crippen LogP contribution >= 0.6 is 34.7 Å². The highest BCUT2D eigenvalue weighted by atomic mass is 35.5. The van der Waals surface area contributed by atoms with Crippen LogP contribution in [-0.4, -0.2) is 44.2 Å². The molecule has 8 heteroatoms. The van der Waals surface area contributed by atoms with E-state index < -0.39 is 0 Å². The van der Waals surface area contributed by atoms with Crippen LogP contribution in [-0.2, 0) is 9.53 Å². The predicted octanol–water partition coefficient (Wildman–Crippen LogP) is 3.48. The van der Waals surface area contributed by atoms with Gasteiger partial charge in [0.2, 0.25) is 5.91 Å². The summed E-state index contributed by atoms with van der Waals surface area (Å²) in [5.41, 5.74) is 2.56. The molecule has 0 aliphatic carbocycles. The summed E-state index contributed by atoms with van der Waals surface area (Å²) in [6, 6.07) is 11.5. The SMILES string of the molecule is O=C(CSc1ccc(Cl)cc1)N/N=C\c1ccc(N2CCOCC2)s1. The monoisotopic (exact) mass is 395 g/mol. The van der Waals surface area contributed by atoms with Gasteiger partial charge in [-0.2, -0.15) is 5.10 Å². The average molecular weight is 396 g/mol. The van der Waals surface area contributed by atoms with Gasteiger partial charge in [-0.15, -0.1) is 23.1 Å². The Morgan fingerprint density at radius 3 is 2.80 bits per heavy atom. The van der Waals surface area contributed by atoms with Crippen LogP contribution in [0.4, 0.5) is 5.00 Å². The molecule has 3 rings (SSSR count). The van der Waals surface area contributed by atoms with Crippen LogP contribution in [0.5, 0.6) is 0 Å². The first-order chi connectivity index (χ1) is 12.2. The summed E-state index contributed by atoms with van der Waals surface area (Å²) in [6.45, 7) is 3.36. The number of morpholine rings is 1. The number of benzene rings is 1. The van der Waals surface area contributed by atoms with Crippen molar-refractivity contribution in [2.75, 3.05) is 37.0 Å². The fourth-order valence-electron chi connectivity index (χ4n) is 2.25. The van der Waals surface area contributed by atoms with Gasteiger partial charge in [0.1, 0.15) is 0 Å². The van der Waals surface area contributed by atoms with Crippen molar-refractivity contribution in [2.24, 2.45) is 5.10 Å². The van der Waals surface area contributed by atoms with Gasteiger partial charge in [0, 0.05) is 27.9 Å². The van der Waals surface area contributed by atoms with Gasteiger partial charge in [0.25, 0.3) is 0 Å². The third-order valence-electron chi connectivity index (χ3n) is 3.50. The molecule has 0 spiro atoms. The highest BCUT2D eigenvalue weighted by molar-refractivity contribution is 8.00. The summed E-state index contributed by atoms with van der Waals surface area (Å²) in [7, 11) is 0. The van der Waals surface area contributed by atoms with Gasteiger partial charge in [0.15, 0.2) is 0 Å². The number of thioether (sulfide) groups is 1. The Morgan fingerprint density at radius 1 is 1.28 bits per heavy atom. The predicted molar refractivity (Wildman–Crippen MR) is 105 cm³/mol. The van der Waals surface area contributed by atoms with Crippen LogP contribution in [0.2, 0.25) is 5.02 Å². The molecular formula is C17H18ClN3O2S2. The van der Waals surface area contributed by atoms with Gasteiger partial charge in [-0.25, -0.2) is 5.43 Å². The zero-order chi connectivity index (χ0) is 17.5. The lowest BCUT2D eigenvalue weighted by Gasteiger charge is -2.27. The maximum absolute atomic E-state index is 11.8. The quantitative estimate of drug-likeness (QED) is 0.462. The van der Waals surface area contributed by atoms with Crippen LogP contribution in [0.3, 0.4) is 0 Å². The third-order valence-corrected chi connectivity index (χ3v) is 5.84. The first-order valence-electron chi connectivity index (χ1n) is 7.83. The largest absolute Gasteiger partial charge is 0.378 e. The van der Waals surface area contributed by atoms with Crippen LogP contribution in [0.15, 0.2) is 46.4 Å². The lowest BCUT2D eigenvalue weighted by Crippen LogP contribution is -2.35. The van der Waals surface area contributed by atoms with Crippen molar-refractivity contribution in [3.05, 3.63) is 46.3 Å². The number of carbonyl (C=O) groups excluding carboxylic acids is 1. The van der Waals surface area contributed by atoms with E-state index in [0.29, 0.717) is 10.8 Å². The van der Waals surface area contributed by atoms with Crippen LogP contribution in [0.1, 0.15) is 4.88 Å². The molecule has 5 nitrogen and oxygen atoms in total. The van der Waals surface area contributed by atoms with E-state index in [9.17, 15) is 4.79 Å². The zero-order valence-electron chi connectivity index (χ0n) is 13.5. The fraction of sp³-hybridized carbons (Fsp3) is 0.294. The molecule has 25 heavy (non-hydrogen) atoms. The first-order valence-corrected chi connectivity index (χ1v) is 10.0. The molecule has 0 saturated carbocycles. The fourth-order valence-corrected chi connectivity index (χ4v) is 3.99. The van der Waals surface area contributed by atoms with Gasteiger partial charge in [0.05, 0.1) is 30.2 Å². The number of nitrogens with zero attached hydrogens (tertiary/aromatic N) is 2. The van der Waals surface area contributed by atoms with Gasteiger partial charge in [-0.3, -0.25) is 4.79 Å². The van der Waals surface area contributed by atoms with Gasteiger partial charge >= 0.3 is 0 Å². The Hall–Kier alpha value is -1.54. The molecule has 1 N–H and O–H groups in total. The molecular weight excluding hydrogens is 378 g/mol. The van der Waals surface area contributed by atoms with Crippen molar-refractivity contribution >= 4 is 51.8 Å². The van der Waals surface area contributed by atoms with E-state index >= 15 is 0 Å². The normalized spacial score (nSPS) is 14.8. The maximum atomic E-state index is 11.8. The highest BCUT2D eigenvalue weighted by Gasteiger charge is 2.12. The summed E-state index contributed by atoms with van der Waals surface area (Å²) in [5, 5.41) is 5.92. The number of halogens is 1. The van der Waals surface area contributed by atoms with E-state index in [0.717, 1.165) is 36.1 Å². The Balaban J connectivity index is 1.43. The molecule has 0 atom stereocenters. The second-order valence-electron chi connectivity index (χ2n) is 5.31. The number of carbonyl (C=O) groups is 1. The summed E-state index contributed by atoms with van der Waals surface area (Å²) >= 11 is 8.94. The zero-order valence-corrected chi connectivity index (χ0v) is 15.9. The first kappa shape index (κ1) is 18.3. The highest BCUT2D eigenvalue weighted by Crippen LogP contribution is 2.25. The summed E-state index contributed by atoms with van der Waals surface area (Å²) in [5.74, 6) is 0.170. The van der Waals surface area contributed by atoms with E-state index in [4.69, 9.17) is 16.3 Å². The number of thiophene rings is 1. The number of rotatable bonds is 6. The molecule has 1 aliphatic rings. The Labute approximate surface area is 160 Å². The molecule has 1 aromatic heterocycles. The van der Waals surface area contributed by atoms with Crippen molar-refractivity contribution in [2.45, 2.75) is 4.90 Å². The molecule has 2 aromatic rings. The molecule has 1 aliphatic heterocycles. The number of hydrogen-bond donors (Lipinski definition) is 1. The van der Waals surface area contributed by atoms with Crippen molar-refractivity contribution in [1.82, 2.24) is 5.43 Å². The molecule has 2 heterocycles. The molecule has 0 radical (unpaired) electrons. The second kappa shape index (κ2) is 9.24. The summed E-state index contributed by atoms with van der Waals surface area (Å²) < 4.78 is 5.36. The number of amides is 1. The van der Waals surface area contributed by atoms with E-state index in [1.807, 2.05) is 30.3 Å². The molecule has 1 fully saturated rings. The minimum atomic E-state index is -0.138. The van der Waals surface area contributed by atoms with Gasteiger partial charge in [-0.1, -0.05) is 11.6 Å². The van der Waals surface area contributed by atoms with Crippen LogP contribution in [0, 0.1) is 0 Å². The summed E-state index contributed by atoms with van der Waals surface area (Å²) in [4.78, 5) is 16.1. The third kappa shape index (κ3) is 5.74. The van der Waals surface area contributed by atoms with Crippen molar-refractivity contribution < 1.29 is 9.53 Å². The second-order valence-corrected chi connectivity index (χ2v) is 7.89. The maximum Gasteiger partial charge on any atom is 0.250 e. The molecule has 0 bridgehead atoms. The number of anilines is 1. The molecule has 0 unspecified atom stereocenters. The van der Waals surface area contributed by atoms with Gasteiger partial charge in [-0.05, 0) is 36.4 Å². The Kier molecular flexibility index (Phi) is 6.75. The lowest BCUT2D eigenvalue weighted by molar-refractivity contribution is -0.118. The number of hydrogen-bond acceptors (Lipinski definition) is 6. The average Bonchev–Trinajstić information content (AvgIpc) is 3.11. The van der Waals surface area contributed by atoms with Crippen molar-refractivity contribution in [3.8, 4) is 0 Å². The van der Waals surface area contributed by atoms with Crippen molar-refractivity contribution in [1.29, 1.82) is 0 Å². The minimum absolute atomic E-state index is 0.138. The van der Waals surface area contributed by atoms with E-state index in [2.05, 4.69) is 21.5 Å². The minimum Gasteiger partial charge on any atom is -0.378 e. The van der Waals surface area contributed by atoms with Crippen LogP contribution < -0.4 is 10.3 Å². The van der Waals surface area contributed by atoms with Crippen LogP contribution in [0.25, 0.3) is 0 Å². The molecule has 1 aromatic carbocycles. The van der Waals surface area contributed by atoms with E-state index in [1.165, 1.54) is 16.8 Å². The van der Waals surface area contributed by atoms with Gasteiger partial charge < -0.3 is 9.64 Å². The lowest BCUT2D eigenvalue weighted by atomic mass is 10.4. The Bertz CT molecular complexity index is 728. The Morgan fingerprint density at radius 2 is 2.04 bits per heavy atom. The summed E-state index contributed by atoms with van der Waals surface area (Å²) in [6.07, 6.45) is 1.68. The molecule has 1 amide bonds. The molecule has 132 valence electrons. The number of hydrazone groups is 1. The smallest absolute Gasteiger partial charge is 0.250 e. The standard InChI is InChI=1S/C17H18ClN3O2S2/c18-13-1-3-14(4-2-13)24-12-16(22)20-19-11-15-5-6-17(25-15)21-7-9-23-10-8-21/h1-6,11H,7-10,12H2,(H,20,22)/b19-11-.